The van der Waals surface area contributed by atoms with Crippen molar-refractivity contribution in [1.29, 1.82) is 0 Å². The first kappa shape index (κ1) is 20.2. The molecule has 0 saturated carbocycles. The summed E-state index contributed by atoms with van der Waals surface area (Å²) < 4.78 is 22.7. The van der Waals surface area contributed by atoms with Gasteiger partial charge in [-0.1, -0.05) is 6.58 Å². The number of likely N-dealkylation sites (N-methyl/N-ethyl adjacent to an activating group) is 1. The number of rotatable bonds is 12. The molecule has 0 rings (SSSR count). The van der Waals surface area contributed by atoms with Gasteiger partial charge in [0.1, 0.15) is 6.54 Å². The Morgan fingerprint density at radius 1 is 1.10 bits per heavy atom. The van der Waals surface area contributed by atoms with Crippen LogP contribution in [-0.4, -0.2) is 57.5 Å². The third-order valence-electron chi connectivity index (χ3n) is 2.81. The van der Waals surface area contributed by atoms with Crippen LogP contribution >= 0.6 is 8.03 Å². The van der Waals surface area contributed by atoms with Gasteiger partial charge in [-0.25, -0.2) is 4.79 Å². The molecule has 0 amide bonds. The van der Waals surface area contributed by atoms with Gasteiger partial charge in [-0.2, -0.15) is 0 Å². The number of unbranched alkanes of at least 4 members (excludes halogenated alkanes) is 3. The summed E-state index contributed by atoms with van der Waals surface area (Å²) in [5.74, 6) is -0.330. The van der Waals surface area contributed by atoms with Crippen LogP contribution in [0.15, 0.2) is 12.2 Å². The second-order valence-corrected chi connectivity index (χ2v) is 7.60. The highest BCUT2D eigenvalue weighted by atomic mass is 31.1. The second kappa shape index (κ2) is 10.9. The maximum absolute atomic E-state index is 11.6. The Kier molecular flexibility index (Phi) is 10.5. The summed E-state index contributed by atoms with van der Waals surface area (Å²) in [4.78, 5) is 11.1. The monoisotopic (exact) mass is 319 g/mol. The van der Waals surface area contributed by atoms with Gasteiger partial charge in [0.25, 0.3) is 0 Å². The fourth-order valence-electron chi connectivity index (χ4n) is 1.47. The molecule has 0 N–H and O–H groups in total. The molecule has 0 radical (unpaired) electrons. The molecule has 0 aromatic heterocycles. The lowest BCUT2D eigenvalue weighted by Crippen LogP contribution is -2.37. The fourth-order valence-corrected chi connectivity index (χ4v) is 2.36. The third kappa shape index (κ3) is 13.9. The zero-order valence-electron chi connectivity index (χ0n) is 13.9. The molecule has 6 heteroatoms. The molecule has 0 saturated heterocycles. The maximum atomic E-state index is 11.6. The molecule has 0 aliphatic carbocycles. The van der Waals surface area contributed by atoms with Gasteiger partial charge in [-0.15, -0.1) is 4.52 Å². The van der Waals surface area contributed by atoms with Gasteiger partial charge >= 0.3 is 14.0 Å². The van der Waals surface area contributed by atoms with Gasteiger partial charge in [0.2, 0.25) is 0 Å². The van der Waals surface area contributed by atoms with Gasteiger partial charge in [-0.05, 0) is 37.2 Å². The molecule has 1 atom stereocenters. The summed E-state index contributed by atoms with van der Waals surface area (Å²) in [7, 11) is 4.71. The molecular formula is C15H30NO4P+2. The molecular weight excluding hydrogens is 289 g/mol. The summed E-state index contributed by atoms with van der Waals surface area (Å²) in [5, 5.41) is 0. The van der Waals surface area contributed by atoms with Crippen LogP contribution in [0.2, 0.25) is 0 Å². The Morgan fingerprint density at radius 2 is 1.71 bits per heavy atom. The summed E-state index contributed by atoms with van der Waals surface area (Å²) in [6.45, 7) is 6.98. The van der Waals surface area contributed by atoms with Crippen molar-refractivity contribution in [3.63, 3.8) is 0 Å². The number of hydrogen-bond donors (Lipinski definition) is 0. The Hall–Kier alpha value is -0.770. The Bertz CT molecular complexity index is 350. The predicted octanol–water partition coefficient (Wildman–Crippen LogP) is 3.13. The quantitative estimate of drug-likeness (QED) is 0.182. The molecule has 1 unspecified atom stereocenters. The Morgan fingerprint density at radius 3 is 2.29 bits per heavy atom. The highest BCUT2D eigenvalue weighted by molar-refractivity contribution is 7.39. The number of ether oxygens (including phenoxy) is 1. The minimum absolute atomic E-state index is 0.330. The van der Waals surface area contributed by atoms with Crippen LogP contribution in [0.5, 0.6) is 0 Å². The van der Waals surface area contributed by atoms with Crippen LogP contribution in [0.4, 0.5) is 0 Å². The molecule has 5 nitrogen and oxygen atoms in total. The van der Waals surface area contributed by atoms with E-state index in [2.05, 4.69) is 27.7 Å². The SMILES string of the molecule is C=C(C)C(=O)OCCCCCC[P+](=O)OCC[N+](C)(C)C. The van der Waals surface area contributed by atoms with E-state index < -0.39 is 8.03 Å². The highest BCUT2D eigenvalue weighted by Gasteiger charge is 2.18. The lowest BCUT2D eigenvalue weighted by Gasteiger charge is -2.21. The lowest BCUT2D eigenvalue weighted by molar-refractivity contribution is -0.870. The number of carbonyl (C=O) groups excluding carboxylic acids is 1. The number of carbonyl (C=O) groups is 1. The molecule has 0 heterocycles. The summed E-state index contributed by atoms with van der Waals surface area (Å²) >= 11 is 0. The average molecular weight is 319 g/mol. The van der Waals surface area contributed by atoms with Gasteiger partial charge in [0.15, 0.2) is 12.8 Å². The molecule has 0 bridgehead atoms. The lowest BCUT2D eigenvalue weighted by atomic mass is 10.2. The smallest absolute Gasteiger partial charge is 0.462 e. The fraction of sp³-hybridized carbons (Fsp3) is 0.800. The van der Waals surface area contributed by atoms with E-state index in [0.29, 0.717) is 24.9 Å². The minimum atomic E-state index is -1.53. The van der Waals surface area contributed by atoms with Crippen molar-refractivity contribution in [2.24, 2.45) is 0 Å². The van der Waals surface area contributed by atoms with E-state index in [4.69, 9.17) is 9.26 Å². The van der Waals surface area contributed by atoms with Gasteiger partial charge in [0.05, 0.1) is 27.7 Å². The minimum Gasteiger partial charge on any atom is -0.462 e. The molecule has 122 valence electrons. The molecule has 0 aliphatic heterocycles. The van der Waals surface area contributed by atoms with Crippen LogP contribution in [0, 0.1) is 0 Å². The summed E-state index contributed by atoms with van der Waals surface area (Å²) in [6, 6.07) is 0. The van der Waals surface area contributed by atoms with Crippen molar-refractivity contribution in [2.75, 3.05) is 47.1 Å². The average Bonchev–Trinajstić information content (AvgIpc) is 2.35. The van der Waals surface area contributed by atoms with E-state index in [1.165, 1.54) is 0 Å². The van der Waals surface area contributed by atoms with E-state index in [1.54, 1.807) is 6.92 Å². The topological polar surface area (TPSA) is 52.6 Å². The normalized spacial score (nSPS) is 12.1. The van der Waals surface area contributed by atoms with Crippen molar-refractivity contribution in [3.05, 3.63) is 12.2 Å². The first-order valence-corrected chi connectivity index (χ1v) is 8.79. The summed E-state index contributed by atoms with van der Waals surface area (Å²) in [6.07, 6.45) is 4.26. The van der Waals surface area contributed by atoms with Crippen LogP contribution in [0.3, 0.4) is 0 Å². The predicted molar refractivity (Wildman–Crippen MR) is 85.6 cm³/mol. The Labute approximate surface area is 129 Å². The first-order valence-electron chi connectivity index (χ1n) is 7.43. The zero-order valence-corrected chi connectivity index (χ0v) is 14.8. The van der Waals surface area contributed by atoms with Crippen molar-refractivity contribution in [1.82, 2.24) is 0 Å². The van der Waals surface area contributed by atoms with E-state index in [9.17, 15) is 9.36 Å². The molecule has 0 aliphatic rings. The highest BCUT2D eigenvalue weighted by Crippen LogP contribution is 2.24. The standard InChI is InChI=1S/C15H30NO4P/c1-14(2)15(17)19-11-8-6-7-9-13-21(18)20-12-10-16(3,4)5/h1,6-13H2,2-5H3/q+2. The maximum Gasteiger partial charge on any atom is 0.508 e. The number of hydrogen-bond acceptors (Lipinski definition) is 4. The van der Waals surface area contributed by atoms with Crippen molar-refractivity contribution >= 4 is 14.0 Å². The van der Waals surface area contributed by atoms with Gasteiger partial charge < -0.3 is 9.22 Å². The molecule has 21 heavy (non-hydrogen) atoms. The van der Waals surface area contributed by atoms with Crippen molar-refractivity contribution in [3.8, 4) is 0 Å². The summed E-state index contributed by atoms with van der Waals surface area (Å²) in [5.41, 5.74) is 0.429. The number of nitrogens with zero attached hydrogens (tertiary/aromatic N) is 1. The van der Waals surface area contributed by atoms with E-state index >= 15 is 0 Å². The molecule has 0 spiro atoms. The van der Waals surface area contributed by atoms with E-state index in [-0.39, 0.29) is 5.97 Å². The third-order valence-corrected chi connectivity index (χ3v) is 3.97. The Balaban J connectivity index is 3.41. The largest absolute Gasteiger partial charge is 0.508 e. The van der Waals surface area contributed by atoms with Crippen LogP contribution in [-0.2, 0) is 18.6 Å². The number of esters is 1. The van der Waals surface area contributed by atoms with E-state index in [0.717, 1.165) is 36.7 Å². The van der Waals surface area contributed by atoms with Gasteiger partial charge in [0, 0.05) is 5.57 Å². The second-order valence-electron chi connectivity index (χ2n) is 6.23. The number of quaternary nitrogens is 1. The van der Waals surface area contributed by atoms with Crippen LogP contribution in [0.25, 0.3) is 0 Å². The van der Waals surface area contributed by atoms with Crippen molar-refractivity contribution < 1.29 is 23.1 Å². The van der Waals surface area contributed by atoms with E-state index in [1.807, 2.05) is 0 Å². The zero-order chi connectivity index (χ0) is 16.3. The molecule has 0 aromatic carbocycles. The molecule has 0 fully saturated rings. The van der Waals surface area contributed by atoms with Crippen LogP contribution in [0.1, 0.15) is 32.6 Å². The van der Waals surface area contributed by atoms with Crippen molar-refractivity contribution in [2.45, 2.75) is 32.6 Å². The van der Waals surface area contributed by atoms with Gasteiger partial charge in [-0.3, -0.25) is 0 Å². The first-order chi connectivity index (χ1) is 9.72. The molecule has 0 aromatic rings. The van der Waals surface area contributed by atoms with Crippen LogP contribution < -0.4 is 0 Å².